The van der Waals surface area contributed by atoms with E-state index in [4.69, 9.17) is 11.6 Å². The fourth-order valence-corrected chi connectivity index (χ4v) is 6.56. The summed E-state index contributed by atoms with van der Waals surface area (Å²) in [6.07, 6.45) is 3.43. The van der Waals surface area contributed by atoms with E-state index in [1.807, 2.05) is 20.2 Å². The third-order valence-electron chi connectivity index (χ3n) is 6.47. The van der Waals surface area contributed by atoms with E-state index >= 15 is 0 Å². The second-order valence-corrected chi connectivity index (χ2v) is 11.5. The Balaban J connectivity index is 1.25. The van der Waals surface area contributed by atoms with Crippen LogP contribution >= 0.6 is 11.6 Å². The maximum atomic E-state index is 12.7. The lowest BCUT2D eigenvalue weighted by Crippen LogP contribution is -2.50. The zero-order chi connectivity index (χ0) is 22.0. The van der Waals surface area contributed by atoms with Gasteiger partial charge in [-0.15, -0.1) is 0 Å². The molecule has 0 aliphatic carbocycles. The van der Waals surface area contributed by atoms with Crippen LogP contribution in [0.1, 0.15) is 24.8 Å². The largest absolute Gasteiger partial charge is 0.371 e. The predicted molar refractivity (Wildman–Crippen MR) is 127 cm³/mol. The van der Waals surface area contributed by atoms with Crippen LogP contribution in [0.15, 0.2) is 53.4 Å². The number of benzene rings is 2. The number of hydrogen-bond donors (Lipinski definition) is 0. The van der Waals surface area contributed by atoms with E-state index in [0.717, 1.165) is 49.5 Å². The van der Waals surface area contributed by atoms with Crippen molar-refractivity contribution in [2.24, 2.45) is 11.8 Å². The first kappa shape index (κ1) is 22.6. The average Bonchev–Trinajstić information content (AvgIpc) is 2.72. The standard InChI is InChI=1S/C24H32ClN3O2S/c1-26(2)18-21-8-9-22(15-24(21)25)27-12-10-19(11-13-27)14-20-16-28(17-20)31(29,30)23-6-4-3-5-7-23/h3-9,15,19-20H,10-14,16-18H2,1-2H3. The number of hydrogen-bond acceptors (Lipinski definition) is 4. The third kappa shape index (κ3) is 5.25. The Kier molecular flexibility index (Phi) is 6.92. The highest BCUT2D eigenvalue weighted by Gasteiger charge is 2.37. The monoisotopic (exact) mass is 461 g/mol. The van der Waals surface area contributed by atoms with E-state index in [1.54, 1.807) is 28.6 Å². The molecule has 2 aliphatic rings. The number of nitrogens with zero attached hydrogens (tertiary/aromatic N) is 3. The van der Waals surface area contributed by atoms with Gasteiger partial charge in [0.25, 0.3) is 0 Å². The Morgan fingerprint density at radius 1 is 1.00 bits per heavy atom. The summed E-state index contributed by atoms with van der Waals surface area (Å²) in [5.41, 5.74) is 2.36. The normalized spacial score (nSPS) is 19.0. The summed E-state index contributed by atoms with van der Waals surface area (Å²) in [5, 5.41) is 0.836. The van der Waals surface area contributed by atoms with Gasteiger partial charge in [-0.05, 0) is 75.0 Å². The van der Waals surface area contributed by atoms with Gasteiger partial charge in [0.1, 0.15) is 0 Å². The van der Waals surface area contributed by atoms with Crippen molar-refractivity contribution in [3.05, 3.63) is 59.1 Å². The second-order valence-electron chi connectivity index (χ2n) is 9.18. The molecule has 5 nitrogen and oxygen atoms in total. The molecular weight excluding hydrogens is 430 g/mol. The molecule has 0 atom stereocenters. The quantitative estimate of drug-likeness (QED) is 0.615. The van der Waals surface area contributed by atoms with Crippen LogP contribution in [-0.2, 0) is 16.6 Å². The highest BCUT2D eigenvalue weighted by Crippen LogP contribution is 2.34. The minimum absolute atomic E-state index is 0.400. The molecule has 0 radical (unpaired) electrons. The number of sulfonamides is 1. The van der Waals surface area contributed by atoms with Crippen molar-refractivity contribution in [1.82, 2.24) is 9.21 Å². The van der Waals surface area contributed by atoms with Crippen molar-refractivity contribution in [2.45, 2.75) is 30.7 Å². The molecule has 2 aliphatic heterocycles. The van der Waals surface area contributed by atoms with Gasteiger partial charge in [0, 0.05) is 43.4 Å². The molecule has 0 saturated carbocycles. The lowest BCUT2D eigenvalue weighted by atomic mass is 9.84. The SMILES string of the molecule is CN(C)Cc1ccc(N2CCC(CC3CN(S(=O)(=O)c4ccccc4)C3)CC2)cc1Cl. The van der Waals surface area contributed by atoms with Gasteiger partial charge in [0.05, 0.1) is 4.90 Å². The number of halogens is 1. The van der Waals surface area contributed by atoms with E-state index < -0.39 is 10.0 Å². The van der Waals surface area contributed by atoms with Crippen molar-refractivity contribution in [3.63, 3.8) is 0 Å². The number of anilines is 1. The van der Waals surface area contributed by atoms with Crippen LogP contribution in [0.3, 0.4) is 0 Å². The van der Waals surface area contributed by atoms with Gasteiger partial charge < -0.3 is 9.80 Å². The molecule has 2 saturated heterocycles. The third-order valence-corrected chi connectivity index (χ3v) is 8.67. The van der Waals surface area contributed by atoms with Gasteiger partial charge >= 0.3 is 0 Å². The first-order valence-corrected chi connectivity index (χ1v) is 12.9. The molecule has 0 bridgehead atoms. The lowest BCUT2D eigenvalue weighted by Gasteiger charge is -2.41. The number of rotatable bonds is 7. The molecule has 168 valence electrons. The summed E-state index contributed by atoms with van der Waals surface area (Å²) in [6, 6.07) is 15.2. The van der Waals surface area contributed by atoms with Crippen molar-refractivity contribution < 1.29 is 8.42 Å². The summed E-state index contributed by atoms with van der Waals surface area (Å²) in [4.78, 5) is 4.95. The molecule has 0 aromatic heterocycles. The molecular formula is C24H32ClN3O2S. The maximum absolute atomic E-state index is 12.7. The fourth-order valence-electron chi connectivity index (χ4n) is 4.71. The van der Waals surface area contributed by atoms with Crippen molar-refractivity contribution in [1.29, 1.82) is 0 Å². The van der Waals surface area contributed by atoms with Crippen LogP contribution < -0.4 is 4.90 Å². The van der Waals surface area contributed by atoms with Crippen LogP contribution in [0.25, 0.3) is 0 Å². The molecule has 31 heavy (non-hydrogen) atoms. The van der Waals surface area contributed by atoms with Gasteiger partial charge in [0.2, 0.25) is 10.0 Å². The van der Waals surface area contributed by atoms with Crippen molar-refractivity contribution in [2.75, 3.05) is 45.2 Å². The molecule has 0 amide bonds. The zero-order valence-electron chi connectivity index (χ0n) is 18.4. The van der Waals surface area contributed by atoms with Gasteiger partial charge in [-0.3, -0.25) is 0 Å². The van der Waals surface area contributed by atoms with Crippen LogP contribution in [0.2, 0.25) is 5.02 Å². The highest BCUT2D eigenvalue weighted by atomic mass is 35.5. The summed E-state index contributed by atoms with van der Waals surface area (Å²) in [6.45, 7) is 4.22. The summed E-state index contributed by atoms with van der Waals surface area (Å²) < 4.78 is 27.0. The summed E-state index contributed by atoms with van der Waals surface area (Å²) in [7, 11) is 0.772. The number of piperidine rings is 1. The Bertz CT molecular complexity index is 983. The van der Waals surface area contributed by atoms with Crippen molar-refractivity contribution in [3.8, 4) is 0 Å². The average molecular weight is 462 g/mol. The topological polar surface area (TPSA) is 43.9 Å². The highest BCUT2D eigenvalue weighted by molar-refractivity contribution is 7.89. The van der Waals surface area contributed by atoms with E-state index in [0.29, 0.717) is 29.8 Å². The van der Waals surface area contributed by atoms with Gasteiger partial charge in [0.15, 0.2) is 0 Å². The van der Waals surface area contributed by atoms with E-state index in [-0.39, 0.29) is 0 Å². The van der Waals surface area contributed by atoms with Crippen LogP contribution in [0, 0.1) is 11.8 Å². The minimum Gasteiger partial charge on any atom is -0.371 e. The van der Waals surface area contributed by atoms with Crippen molar-refractivity contribution >= 4 is 27.3 Å². The van der Waals surface area contributed by atoms with E-state index in [9.17, 15) is 8.42 Å². The van der Waals surface area contributed by atoms with E-state index in [1.165, 1.54) is 5.69 Å². The Morgan fingerprint density at radius 3 is 2.29 bits per heavy atom. The van der Waals surface area contributed by atoms with Gasteiger partial charge in [-0.1, -0.05) is 35.9 Å². The Morgan fingerprint density at radius 2 is 1.68 bits per heavy atom. The van der Waals surface area contributed by atoms with E-state index in [2.05, 4.69) is 28.0 Å². The molecule has 4 rings (SSSR count). The molecule has 2 heterocycles. The molecule has 0 unspecified atom stereocenters. The molecule has 0 N–H and O–H groups in total. The molecule has 0 spiro atoms. The first-order valence-electron chi connectivity index (χ1n) is 11.1. The predicted octanol–water partition coefficient (Wildman–Crippen LogP) is 4.33. The maximum Gasteiger partial charge on any atom is 0.243 e. The molecule has 2 aromatic carbocycles. The van der Waals surface area contributed by atoms with Gasteiger partial charge in [-0.25, -0.2) is 8.42 Å². The van der Waals surface area contributed by atoms with Gasteiger partial charge in [-0.2, -0.15) is 4.31 Å². The minimum atomic E-state index is -3.33. The van der Waals surface area contributed by atoms with Crippen LogP contribution in [0.5, 0.6) is 0 Å². The first-order chi connectivity index (χ1) is 14.8. The Hall–Kier alpha value is -1.60. The summed E-state index contributed by atoms with van der Waals surface area (Å²) in [5.74, 6) is 1.15. The summed E-state index contributed by atoms with van der Waals surface area (Å²) >= 11 is 6.50. The second kappa shape index (κ2) is 9.49. The molecule has 2 fully saturated rings. The fraction of sp³-hybridized carbons (Fsp3) is 0.500. The van der Waals surface area contributed by atoms with Crippen LogP contribution in [0.4, 0.5) is 5.69 Å². The smallest absolute Gasteiger partial charge is 0.243 e. The zero-order valence-corrected chi connectivity index (χ0v) is 19.9. The molecule has 7 heteroatoms. The Labute approximate surface area is 191 Å². The van der Waals surface area contributed by atoms with Crippen LogP contribution in [-0.4, -0.2) is 57.9 Å². The molecule has 2 aromatic rings. The lowest BCUT2D eigenvalue weighted by molar-refractivity contribution is 0.158.